The van der Waals surface area contributed by atoms with Crippen LogP contribution in [-0.2, 0) is 22.7 Å². The molecule has 2 aliphatic rings. The van der Waals surface area contributed by atoms with E-state index < -0.39 is 6.04 Å². The molecule has 2 saturated heterocycles. The van der Waals surface area contributed by atoms with E-state index in [1.165, 1.54) is 21.7 Å². The number of hydrogen-bond donors (Lipinski definition) is 0. The Morgan fingerprint density at radius 3 is 2.38 bits per heavy atom. The molecule has 0 radical (unpaired) electrons. The molecule has 1 unspecified atom stereocenters. The van der Waals surface area contributed by atoms with E-state index in [9.17, 15) is 9.59 Å². The molecule has 4 aromatic rings. The largest absolute Gasteiger partial charge is 0.327 e. The van der Waals surface area contributed by atoms with Gasteiger partial charge in [0.25, 0.3) is 0 Å². The van der Waals surface area contributed by atoms with Gasteiger partial charge in [-0.1, -0.05) is 78.9 Å². The minimum atomic E-state index is -0.412. The zero-order chi connectivity index (χ0) is 23.1. The molecule has 1 atom stereocenters. The number of rotatable bonds is 4. The molecule has 0 saturated carbocycles. The van der Waals surface area contributed by atoms with Crippen LogP contribution in [0.15, 0.2) is 84.9 Å². The van der Waals surface area contributed by atoms with Gasteiger partial charge in [-0.3, -0.25) is 14.5 Å². The summed E-state index contributed by atoms with van der Waals surface area (Å²) < 4.78 is 0. The standard InChI is InChI=1S/C29H27N3O2/c33-28-20-31(17-21-12-13-22-6-1-2-8-24(22)16-21)29(34)27-19-30(14-15-32(27)28)18-25-10-5-9-23-7-3-4-11-26(23)25/h1-13,16,27H,14-15,17-20H2. The van der Waals surface area contributed by atoms with Crippen LogP contribution in [-0.4, -0.2) is 58.7 Å². The lowest BCUT2D eigenvalue weighted by atomic mass is 10.0. The summed E-state index contributed by atoms with van der Waals surface area (Å²) in [5.41, 5.74) is 2.31. The fraction of sp³-hybridized carbons (Fsp3) is 0.241. The Morgan fingerprint density at radius 1 is 0.735 bits per heavy atom. The fourth-order valence-corrected chi connectivity index (χ4v) is 5.40. The van der Waals surface area contributed by atoms with Crippen LogP contribution in [0.4, 0.5) is 0 Å². The highest BCUT2D eigenvalue weighted by molar-refractivity contribution is 5.95. The SMILES string of the molecule is O=C1C2CN(Cc3cccc4ccccc34)CCN2C(=O)CN1Cc1ccc2ccccc2c1. The summed E-state index contributed by atoms with van der Waals surface area (Å²) in [6.07, 6.45) is 0. The smallest absolute Gasteiger partial charge is 0.247 e. The molecule has 0 N–H and O–H groups in total. The van der Waals surface area contributed by atoms with Gasteiger partial charge in [0.1, 0.15) is 12.6 Å². The van der Waals surface area contributed by atoms with Crippen LogP contribution in [0.1, 0.15) is 11.1 Å². The summed E-state index contributed by atoms with van der Waals surface area (Å²) in [7, 11) is 0. The first-order valence-electron chi connectivity index (χ1n) is 11.9. The minimum Gasteiger partial charge on any atom is -0.327 e. The Kier molecular flexibility index (Phi) is 5.27. The third kappa shape index (κ3) is 3.82. The van der Waals surface area contributed by atoms with Gasteiger partial charge < -0.3 is 9.80 Å². The molecular formula is C29H27N3O2. The summed E-state index contributed by atoms with van der Waals surface area (Å²) in [5, 5.41) is 4.80. The molecule has 2 fully saturated rings. The van der Waals surface area contributed by atoms with Crippen molar-refractivity contribution in [3.05, 3.63) is 96.1 Å². The van der Waals surface area contributed by atoms with Crippen molar-refractivity contribution in [3.63, 3.8) is 0 Å². The van der Waals surface area contributed by atoms with Crippen LogP contribution in [0.3, 0.4) is 0 Å². The molecule has 0 spiro atoms. The normalized spacial score (nSPS) is 19.1. The highest BCUT2D eigenvalue weighted by atomic mass is 16.2. The zero-order valence-electron chi connectivity index (χ0n) is 19.1. The van der Waals surface area contributed by atoms with Crippen molar-refractivity contribution in [1.82, 2.24) is 14.7 Å². The maximum absolute atomic E-state index is 13.5. The van der Waals surface area contributed by atoms with E-state index in [1.54, 1.807) is 9.80 Å². The Hall–Kier alpha value is -3.70. The Labute approximate surface area is 199 Å². The van der Waals surface area contributed by atoms with E-state index in [0.717, 1.165) is 24.0 Å². The summed E-state index contributed by atoms with van der Waals surface area (Å²) in [6, 6.07) is 28.8. The molecule has 4 aromatic carbocycles. The lowest BCUT2D eigenvalue weighted by Crippen LogP contribution is -2.66. The van der Waals surface area contributed by atoms with E-state index in [4.69, 9.17) is 0 Å². The molecule has 0 aromatic heterocycles. The fourth-order valence-electron chi connectivity index (χ4n) is 5.40. The van der Waals surface area contributed by atoms with Crippen LogP contribution in [0.25, 0.3) is 21.5 Å². The van der Waals surface area contributed by atoms with Gasteiger partial charge >= 0.3 is 0 Å². The molecule has 2 aliphatic heterocycles. The van der Waals surface area contributed by atoms with E-state index in [1.807, 2.05) is 12.1 Å². The quantitative estimate of drug-likeness (QED) is 0.472. The maximum atomic E-state index is 13.5. The van der Waals surface area contributed by atoms with E-state index in [2.05, 4.69) is 77.7 Å². The van der Waals surface area contributed by atoms with E-state index in [0.29, 0.717) is 19.6 Å². The Bertz CT molecular complexity index is 1390. The summed E-state index contributed by atoms with van der Waals surface area (Å²) in [4.78, 5) is 32.3. The van der Waals surface area contributed by atoms with Crippen LogP contribution in [0.2, 0.25) is 0 Å². The van der Waals surface area contributed by atoms with Gasteiger partial charge in [-0.2, -0.15) is 0 Å². The van der Waals surface area contributed by atoms with Crippen molar-refractivity contribution in [2.24, 2.45) is 0 Å². The van der Waals surface area contributed by atoms with Crippen molar-refractivity contribution < 1.29 is 9.59 Å². The van der Waals surface area contributed by atoms with Crippen molar-refractivity contribution in [3.8, 4) is 0 Å². The Morgan fingerprint density at radius 2 is 1.50 bits per heavy atom. The van der Waals surface area contributed by atoms with Gasteiger partial charge in [0, 0.05) is 32.7 Å². The molecule has 0 bridgehead atoms. The van der Waals surface area contributed by atoms with Crippen molar-refractivity contribution in [2.45, 2.75) is 19.1 Å². The second-order valence-electron chi connectivity index (χ2n) is 9.35. The monoisotopic (exact) mass is 449 g/mol. The zero-order valence-corrected chi connectivity index (χ0v) is 19.1. The number of amides is 2. The van der Waals surface area contributed by atoms with Crippen molar-refractivity contribution in [1.29, 1.82) is 0 Å². The summed E-state index contributed by atoms with van der Waals surface area (Å²) in [5.74, 6) is 0.102. The second kappa shape index (κ2) is 8.58. The highest BCUT2D eigenvalue weighted by Crippen LogP contribution is 2.25. The van der Waals surface area contributed by atoms with Gasteiger partial charge in [0.2, 0.25) is 11.8 Å². The number of carbonyl (C=O) groups is 2. The van der Waals surface area contributed by atoms with Gasteiger partial charge in [0.05, 0.1) is 0 Å². The van der Waals surface area contributed by atoms with Crippen LogP contribution in [0.5, 0.6) is 0 Å². The second-order valence-corrected chi connectivity index (χ2v) is 9.35. The van der Waals surface area contributed by atoms with Crippen LogP contribution >= 0.6 is 0 Å². The molecule has 34 heavy (non-hydrogen) atoms. The number of nitrogens with zero attached hydrogens (tertiary/aromatic N) is 3. The predicted molar refractivity (Wildman–Crippen MR) is 134 cm³/mol. The van der Waals surface area contributed by atoms with Gasteiger partial charge in [-0.05, 0) is 38.7 Å². The minimum absolute atomic E-state index is 0.0511. The molecule has 2 amide bonds. The predicted octanol–water partition coefficient (Wildman–Crippen LogP) is 4.05. The number of fused-ring (bicyclic) bond motifs is 3. The average molecular weight is 450 g/mol. The van der Waals surface area contributed by atoms with E-state index in [-0.39, 0.29) is 18.4 Å². The van der Waals surface area contributed by atoms with Gasteiger partial charge in [-0.15, -0.1) is 0 Å². The topological polar surface area (TPSA) is 43.9 Å². The van der Waals surface area contributed by atoms with Crippen LogP contribution < -0.4 is 0 Å². The highest BCUT2D eigenvalue weighted by Gasteiger charge is 2.42. The summed E-state index contributed by atoms with van der Waals surface area (Å²) in [6.45, 7) is 3.35. The van der Waals surface area contributed by atoms with E-state index >= 15 is 0 Å². The molecule has 2 heterocycles. The third-order valence-corrected chi connectivity index (χ3v) is 7.17. The summed E-state index contributed by atoms with van der Waals surface area (Å²) >= 11 is 0. The maximum Gasteiger partial charge on any atom is 0.247 e. The molecule has 6 rings (SSSR count). The first-order valence-corrected chi connectivity index (χ1v) is 11.9. The molecular weight excluding hydrogens is 422 g/mol. The number of hydrogen-bond acceptors (Lipinski definition) is 3. The van der Waals surface area contributed by atoms with Crippen molar-refractivity contribution >= 4 is 33.4 Å². The molecule has 0 aliphatic carbocycles. The average Bonchev–Trinajstić information content (AvgIpc) is 2.87. The number of carbonyl (C=O) groups excluding carboxylic acids is 2. The lowest BCUT2D eigenvalue weighted by Gasteiger charge is -2.46. The molecule has 170 valence electrons. The number of benzene rings is 4. The first-order chi connectivity index (χ1) is 16.7. The van der Waals surface area contributed by atoms with Gasteiger partial charge in [0.15, 0.2) is 0 Å². The Balaban J connectivity index is 1.20. The third-order valence-electron chi connectivity index (χ3n) is 7.17. The lowest BCUT2D eigenvalue weighted by molar-refractivity contribution is -0.160. The van der Waals surface area contributed by atoms with Gasteiger partial charge in [-0.25, -0.2) is 0 Å². The van der Waals surface area contributed by atoms with Crippen LogP contribution in [0, 0.1) is 0 Å². The van der Waals surface area contributed by atoms with Crippen molar-refractivity contribution in [2.75, 3.05) is 26.2 Å². The molecule has 5 heteroatoms. The number of piperazine rings is 2. The first kappa shape index (κ1) is 20.9. The molecule has 5 nitrogen and oxygen atoms in total.